The molecule has 1 heterocycles. The number of aryl methyl sites for hydroxylation is 1. The largest absolute Gasteiger partial charge is 0.447 e. The molecule has 3 amide bonds. The van der Waals surface area contributed by atoms with Gasteiger partial charge in [-0.1, -0.05) is 15.9 Å². The van der Waals surface area contributed by atoms with Crippen molar-refractivity contribution < 1.29 is 22.4 Å². The molecular formula is C23H26BrN3O5S. The van der Waals surface area contributed by atoms with Crippen molar-refractivity contribution in [1.29, 1.82) is 0 Å². The highest BCUT2D eigenvalue weighted by atomic mass is 79.9. The van der Waals surface area contributed by atoms with Crippen LogP contribution in [0.25, 0.3) is 0 Å². The van der Waals surface area contributed by atoms with Gasteiger partial charge in [-0.25, -0.2) is 9.52 Å². The molecule has 0 saturated heterocycles. The van der Waals surface area contributed by atoms with Gasteiger partial charge in [0.1, 0.15) is 5.76 Å². The lowest BCUT2D eigenvalue weighted by atomic mass is 9.93. The minimum Gasteiger partial charge on any atom is -0.447 e. The summed E-state index contributed by atoms with van der Waals surface area (Å²) in [7, 11) is -4.21. The number of benzene rings is 1. The van der Waals surface area contributed by atoms with Gasteiger partial charge in [0.15, 0.2) is 0 Å². The van der Waals surface area contributed by atoms with Crippen LogP contribution in [0, 0.1) is 0 Å². The quantitative estimate of drug-likeness (QED) is 0.545. The van der Waals surface area contributed by atoms with Crippen LogP contribution in [0.2, 0.25) is 0 Å². The Morgan fingerprint density at radius 1 is 1.00 bits per heavy atom. The van der Waals surface area contributed by atoms with Gasteiger partial charge in [-0.15, -0.1) is 0 Å². The maximum absolute atomic E-state index is 12.9. The summed E-state index contributed by atoms with van der Waals surface area (Å²) in [5.41, 5.74) is 6.05. The van der Waals surface area contributed by atoms with Crippen molar-refractivity contribution in [2.45, 2.75) is 75.8 Å². The van der Waals surface area contributed by atoms with Gasteiger partial charge in [0.25, 0.3) is 10.0 Å². The number of furan rings is 1. The molecule has 1 aromatic heterocycles. The van der Waals surface area contributed by atoms with E-state index in [0.717, 1.165) is 66.2 Å². The zero-order chi connectivity index (χ0) is 23.3. The lowest BCUT2D eigenvalue weighted by Crippen LogP contribution is -2.34. The van der Waals surface area contributed by atoms with Crippen molar-refractivity contribution in [2.24, 2.45) is 0 Å². The number of anilines is 1. The standard InChI is InChI=1S/C23H26BrN3O5S/c1-12(28)25-18-9-4-10-19-17(18)11-20(32-19)33(30,31)27-23(29)26-22-15-7-2-5-13(15)21(24)14-6-3-8-16(14)22/h11,18H,2-10H2,1H3,(H,25,28)(H2,26,27,29). The average Bonchev–Trinajstić information content (AvgIpc) is 3.49. The predicted octanol–water partition coefficient (Wildman–Crippen LogP) is 4.04. The van der Waals surface area contributed by atoms with Crippen LogP contribution in [0.5, 0.6) is 0 Å². The van der Waals surface area contributed by atoms with E-state index in [2.05, 4.69) is 31.3 Å². The number of hydrogen-bond acceptors (Lipinski definition) is 5. The van der Waals surface area contributed by atoms with E-state index < -0.39 is 16.1 Å². The van der Waals surface area contributed by atoms with Crippen molar-refractivity contribution in [1.82, 2.24) is 10.0 Å². The molecule has 0 fully saturated rings. The van der Waals surface area contributed by atoms with Crippen molar-refractivity contribution in [3.05, 3.63) is 44.1 Å². The summed E-state index contributed by atoms with van der Waals surface area (Å²) in [5.74, 6) is 0.342. The third kappa shape index (κ3) is 4.07. The molecule has 2 aromatic rings. The highest BCUT2D eigenvalue weighted by Gasteiger charge is 2.32. The summed E-state index contributed by atoms with van der Waals surface area (Å²) < 4.78 is 34.8. The molecule has 0 bridgehead atoms. The van der Waals surface area contributed by atoms with Crippen molar-refractivity contribution >= 4 is 43.6 Å². The minimum absolute atomic E-state index is 0.189. The normalized spacial score (nSPS) is 18.9. The average molecular weight is 536 g/mol. The molecular weight excluding hydrogens is 510 g/mol. The number of hydrogen-bond donors (Lipinski definition) is 3. The monoisotopic (exact) mass is 535 g/mol. The predicted molar refractivity (Wildman–Crippen MR) is 126 cm³/mol. The van der Waals surface area contributed by atoms with Gasteiger partial charge in [0.05, 0.1) is 6.04 Å². The Kier molecular flexibility index (Phi) is 5.76. The van der Waals surface area contributed by atoms with E-state index in [1.807, 2.05) is 0 Å². The summed E-state index contributed by atoms with van der Waals surface area (Å²) in [6, 6.07) is 0.328. The Bertz CT molecular complexity index is 1230. The zero-order valence-electron chi connectivity index (χ0n) is 18.3. The van der Waals surface area contributed by atoms with Gasteiger partial charge >= 0.3 is 6.03 Å². The van der Waals surface area contributed by atoms with Crippen LogP contribution >= 0.6 is 15.9 Å². The summed E-state index contributed by atoms with van der Waals surface area (Å²) >= 11 is 3.75. The Labute approximate surface area is 201 Å². The maximum atomic E-state index is 12.9. The molecule has 1 unspecified atom stereocenters. The Morgan fingerprint density at radius 2 is 1.64 bits per heavy atom. The summed E-state index contributed by atoms with van der Waals surface area (Å²) in [6.45, 7) is 1.42. The summed E-state index contributed by atoms with van der Waals surface area (Å²) in [6.07, 6.45) is 7.72. The third-order valence-electron chi connectivity index (χ3n) is 6.77. The SMILES string of the molecule is CC(=O)NC1CCCc2oc(S(=O)(=O)NC(=O)Nc3c4c(c(Br)c5c3CCC5)CCC4)cc21. The molecule has 10 heteroatoms. The smallest absolute Gasteiger partial charge is 0.333 e. The number of carbonyl (C=O) groups excluding carboxylic acids is 2. The zero-order valence-corrected chi connectivity index (χ0v) is 20.7. The van der Waals surface area contributed by atoms with Gasteiger partial charge in [0.2, 0.25) is 11.0 Å². The van der Waals surface area contributed by atoms with E-state index in [-0.39, 0.29) is 17.0 Å². The molecule has 0 saturated carbocycles. The van der Waals surface area contributed by atoms with E-state index in [1.165, 1.54) is 24.1 Å². The first-order chi connectivity index (χ1) is 15.7. The minimum atomic E-state index is -4.21. The van der Waals surface area contributed by atoms with Crippen molar-refractivity contribution in [2.75, 3.05) is 5.32 Å². The molecule has 3 aliphatic carbocycles. The number of fused-ring (bicyclic) bond motifs is 3. The summed E-state index contributed by atoms with van der Waals surface area (Å²) in [5, 5.41) is 5.36. The van der Waals surface area contributed by atoms with Crippen LogP contribution < -0.4 is 15.4 Å². The van der Waals surface area contributed by atoms with E-state index in [9.17, 15) is 18.0 Å². The molecule has 33 heavy (non-hydrogen) atoms. The molecule has 0 spiro atoms. The number of halogens is 1. The van der Waals surface area contributed by atoms with Crippen LogP contribution in [0.4, 0.5) is 10.5 Å². The topological polar surface area (TPSA) is 118 Å². The molecule has 0 radical (unpaired) electrons. The van der Waals surface area contributed by atoms with E-state index in [1.54, 1.807) is 0 Å². The summed E-state index contributed by atoms with van der Waals surface area (Å²) in [4.78, 5) is 24.3. The molecule has 176 valence electrons. The maximum Gasteiger partial charge on any atom is 0.333 e. The van der Waals surface area contributed by atoms with E-state index in [4.69, 9.17) is 4.42 Å². The van der Waals surface area contributed by atoms with Gasteiger partial charge in [-0.3, -0.25) is 4.79 Å². The van der Waals surface area contributed by atoms with Crippen LogP contribution in [0.3, 0.4) is 0 Å². The third-order valence-corrected chi connectivity index (χ3v) is 8.91. The van der Waals surface area contributed by atoms with Gasteiger partial charge < -0.3 is 15.1 Å². The lowest BCUT2D eigenvalue weighted by molar-refractivity contribution is -0.119. The van der Waals surface area contributed by atoms with Crippen LogP contribution in [-0.2, 0) is 46.9 Å². The van der Waals surface area contributed by atoms with Crippen LogP contribution in [0.1, 0.15) is 72.2 Å². The molecule has 0 aliphatic heterocycles. The highest BCUT2D eigenvalue weighted by molar-refractivity contribution is 9.10. The molecule has 1 atom stereocenters. The van der Waals surface area contributed by atoms with Gasteiger partial charge in [0, 0.05) is 35.1 Å². The number of sulfonamides is 1. The van der Waals surface area contributed by atoms with Crippen LogP contribution in [0.15, 0.2) is 20.0 Å². The second-order valence-corrected chi connectivity index (χ2v) is 11.4. The number of amides is 3. The molecule has 3 N–H and O–H groups in total. The van der Waals surface area contributed by atoms with Crippen molar-refractivity contribution in [3.8, 4) is 0 Å². The van der Waals surface area contributed by atoms with Crippen molar-refractivity contribution in [3.63, 3.8) is 0 Å². The lowest BCUT2D eigenvalue weighted by Gasteiger charge is -2.21. The fourth-order valence-electron chi connectivity index (χ4n) is 5.41. The fraction of sp³-hybridized carbons (Fsp3) is 0.478. The number of rotatable bonds is 4. The van der Waals surface area contributed by atoms with Gasteiger partial charge in [-0.05, 0) is 73.6 Å². The first-order valence-electron chi connectivity index (χ1n) is 11.3. The molecule has 8 nitrogen and oxygen atoms in total. The Hall–Kier alpha value is -2.33. The molecule has 1 aromatic carbocycles. The first-order valence-corrected chi connectivity index (χ1v) is 13.6. The number of nitrogens with one attached hydrogen (secondary N) is 3. The van der Waals surface area contributed by atoms with E-state index in [0.29, 0.717) is 24.2 Å². The molecule has 5 rings (SSSR count). The fourth-order valence-corrected chi connectivity index (χ4v) is 7.17. The second-order valence-electron chi connectivity index (χ2n) is 8.96. The van der Waals surface area contributed by atoms with E-state index >= 15 is 0 Å². The Morgan fingerprint density at radius 3 is 2.27 bits per heavy atom. The first kappa shape index (κ1) is 22.5. The highest BCUT2D eigenvalue weighted by Crippen LogP contribution is 2.44. The van der Waals surface area contributed by atoms with Crippen LogP contribution in [-0.4, -0.2) is 20.4 Å². The number of carbonyl (C=O) groups is 2. The second kappa shape index (κ2) is 8.47. The number of urea groups is 1. The van der Waals surface area contributed by atoms with Gasteiger partial charge in [-0.2, -0.15) is 8.42 Å². The Balaban J connectivity index is 1.39. The molecule has 3 aliphatic rings.